The van der Waals surface area contributed by atoms with E-state index in [1.807, 2.05) is 0 Å². The highest BCUT2D eigenvalue weighted by Crippen LogP contribution is 2.33. The second-order valence-corrected chi connectivity index (χ2v) is 8.07. The van der Waals surface area contributed by atoms with Crippen LogP contribution >= 0.6 is 22.7 Å². The fourth-order valence-electron chi connectivity index (χ4n) is 2.50. The van der Waals surface area contributed by atoms with E-state index >= 15 is 0 Å². The molecule has 0 saturated heterocycles. The molecule has 0 bridgehead atoms. The van der Waals surface area contributed by atoms with E-state index in [9.17, 15) is 22.8 Å². The van der Waals surface area contributed by atoms with E-state index in [-0.39, 0.29) is 24.3 Å². The molecule has 0 fully saturated rings. The van der Waals surface area contributed by atoms with Crippen LogP contribution in [0.3, 0.4) is 0 Å². The number of halogens is 3. The van der Waals surface area contributed by atoms with Crippen LogP contribution in [0.15, 0.2) is 23.6 Å². The zero-order valence-electron chi connectivity index (χ0n) is 15.4. The lowest BCUT2D eigenvalue weighted by Crippen LogP contribution is -2.26. The SMILES string of the molecule is COC(=O)Cc1csc(N(C)C(=O)CCc2nc3cc(C(F)(F)F)ccc3s2)n1. The van der Waals surface area contributed by atoms with Crippen molar-refractivity contribution in [2.24, 2.45) is 0 Å². The summed E-state index contributed by atoms with van der Waals surface area (Å²) in [5.74, 6) is -0.625. The number of thiazole rings is 2. The van der Waals surface area contributed by atoms with Crippen LogP contribution in [-0.4, -0.2) is 36.0 Å². The molecule has 6 nitrogen and oxygen atoms in total. The molecule has 0 aliphatic carbocycles. The fourth-order valence-corrected chi connectivity index (χ4v) is 4.25. The Morgan fingerprint density at radius 3 is 2.69 bits per heavy atom. The Morgan fingerprint density at radius 2 is 2.00 bits per heavy atom. The van der Waals surface area contributed by atoms with Crippen LogP contribution in [-0.2, 0) is 33.3 Å². The molecule has 11 heteroatoms. The van der Waals surface area contributed by atoms with Crippen molar-refractivity contribution in [3.63, 3.8) is 0 Å². The molecule has 0 radical (unpaired) electrons. The third-order valence-corrected chi connectivity index (χ3v) is 6.13. The predicted octanol–water partition coefficient (Wildman–Crippen LogP) is 4.08. The molecule has 1 aromatic carbocycles. The van der Waals surface area contributed by atoms with E-state index < -0.39 is 17.7 Å². The van der Waals surface area contributed by atoms with Gasteiger partial charge in [-0.25, -0.2) is 9.97 Å². The number of alkyl halides is 3. The maximum absolute atomic E-state index is 12.8. The number of carbonyl (C=O) groups excluding carboxylic acids is 2. The van der Waals surface area contributed by atoms with Crippen molar-refractivity contribution in [2.45, 2.75) is 25.4 Å². The first-order valence-corrected chi connectivity index (χ1v) is 10.1. The smallest absolute Gasteiger partial charge is 0.416 e. The molecule has 0 aliphatic heterocycles. The Labute approximate surface area is 172 Å². The number of hydrogen-bond acceptors (Lipinski definition) is 7. The highest BCUT2D eigenvalue weighted by Gasteiger charge is 2.30. The summed E-state index contributed by atoms with van der Waals surface area (Å²) in [6, 6.07) is 3.44. The minimum atomic E-state index is -4.42. The number of rotatable bonds is 6. The molecular formula is C18H16F3N3O3S2. The molecule has 0 atom stereocenters. The molecule has 0 N–H and O–H groups in total. The normalized spacial score (nSPS) is 11.6. The van der Waals surface area contributed by atoms with E-state index in [0.29, 0.717) is 27.0 Å². The van der Waals surface area contributed by atoms with E-state index in [1.165, 1.54) is 40.7 Å². The summed E-state index contributed by atoms with van der Waals surface area (Å²) in [6.07, 6.45) is -3.95. The van der Waals surface area contributed by atoms with Gasteiger partial charge in [-0.3, -0.25) is 14.5 Å². The van der Waals surface area contributed by atoms with Gasteiger partial charge in [-0.2, -0.15) is 13.2 Å². The van der Waals surface area contributed by atoms with Gasteiger partial charge < -0.3 is 4.74 Å². The molecule has 0 saturated carbocycles. The summed E-state index contributed by atoms with van der Waals surface area (Å²) in [4.78, 5) is 33.6. The number of methoxy groups -OCH3 is 1. The molecule has 29 heavy (non-hydrogen) atoms. The zero-order valence-corrected chi connectivity index (χ0v) is 17.1. The molecule has 1 amide bonds. The number of anilines is 1. The van der Waals surface area contributed by atoms with Crippen LogP contribution in [0.4, 0.5) is 18.3 Å². The first-order chi connectivity index (χ1) is 13.7. The van der Waals surface area contributed by atoms with Crippen molar-refractivity contribution >= 4 is 49.9 Å². The molecule has 0 spiro atoms. The molecule has 3 rings (SSSR count). The molecular weight excluding hydrogens is 427 g/mol. The van der Waals surface area contributed by atoms with E-state index in [0.717, 1.165) is 12.1 Å². The number of nitrogens with zero attached hydrogens (tertiary/aromatic N) is 3. The quantitative estimate of drug-likeness (QED) is 0.537. The number of fused-ring (bicyclic) bond motifs is 1. The van der Waals surface area contributed by atoms with Gasteiger partial charge >= 0.3 is 12.1 Å². The number of hydrogen-bond donors (Lipinski definition) is 0. The van der Waals surface area contributed by atoms with Crippen LogP contribution in [0.2, 0.25) is 0 Å². The van der Waals surface area contributed by atoms with Gasteiger partial charge in [-0.05, 0) is 18.2 Å². The van der Waals surface area contributed by atoms with Crippen molar-refractivity contribution in [1.82, 2.24) is 9.97 Å². The largest absolute Gasteiger partial charge is 0.469 e. The molecule has 2 heterocycles. The summed E-state index contributed by atoms with van der Waals surface area (Å²) in [7, 11) is 2.87. The highest BCUT2D eigenvalue weighted by molar-refractivity contribution is 7.18. The summed E-state index contributed by atoms with van der Waals surface area (Å²) in [6.45, 7) is 0. The van der Waals surface area contributed by atoms with Gasteiger partial charge in [0.1, 0.15) is 0 Å². The van der Waals surface area contributed by atoms with Crippen LogP contribution in [0, 0.1) is 0 Å². The summed E-state index contributed by atoms with van der Waals surface area (Å²) < 4.78 is 43.7. The monoisotopic (exact) mass is 443 g/mol. The van der Waals surface area contributed by atoms with Crippen LogP contribution < -0.4 is 4.90 Å². The van der Waals surface area contributed by atoms with E-state index in [1.54, 1.807) is 12.4 Å². The number of aryl methyl sites for hydroxylation is 1. The Bertz CT molecular complexity index is 1050. The molecule has 2 aromatic heterocycles. The van der Waals surface area contributed by atoms with Crippen LogP contribution in [0.5, 0.6) is 0 Å². The zero-order chi connectivity index (χ0) is 21.2. The van der Waals surface area contributed by atoms with Gasteiger partial charge in [0.2, 0.25) is 5.91 Å². The Kier molecular flexibility index (Phi) is 6.18. The second kappa shape index (κ2) is 8.46. The van der Waals surface area contributed by atoms with Crippen molar-refractivity contribution < 1.29 is 27.5 Å². The Hall–Kier alpha value is -2.53. The summed E-state index contributed by atoms with van der Waals surface area (Å²) >= 11 is 2.50. The Balaban J connectivity index is 1.63. The molecule has 0 aliphatic rings. The summed E-state index contributed by atoms with van der Waals surface area (Å²) in [5.41, 5.74) is 0.0420. The number of carbonyl (C=O) groups is 2. The minimum Gasteiger partial charge on any atom is -0.469 e. The van der Waals surface area contributed by atoms with Gasteiger partial charge in [-0.1, -0.05) is 0 Å². The highest BCUT2D eigenvalue weighted by atomic mass is 32.1. The molecule has 154 valence electrons. The predicted molar refractivity (Wildman–Crippen MR) is 104 cm³/mol. The third kappa shape index (κ3) is 5.10. The minimum absolute atomic E-state index is 0.0284. The number of esters is 1. The lowest BCUT2D eigenvalue weighted by molar-refractivity contribution is -0.140. The molecule has 3 aromatic rings. The van der Waals surface area contributed by atoms with Gasteiger partial charge in [0, 0.05) is 25.3 Å². The van der Waals surface area contributed by atoms with Crippen molar-refractivity contribution in [3.05, 3.63) is 39.8 Å². The van der Waals surface area contributed by atoms with Gasteiger partial charge in [0.05, 0.1) is 40.0 Å². The van der Waals surface area contributed by atoms with Gasteiger partial charge in [0.15, 0.2) is 5.13 Å². The van der Waals surface area contributed by atoms with E-state index in [2.05, 4.69) is 14.7 Å². The number of benzene rings is 1. The average molecular weight is 443 g/mol. The summed E-state index contributed by atoms with van der Waals surface area (Å²) in [5, 5.41) is 2.72. The van der Waals surface area contributed by atoms with Crippen molar-refractivity contribution in [2.75, 3.05) is 19.1 Å². The number of amides is 1. The van der Waals surface area contributed by atoms with E-state index in [4.69, 9.17) is 0 Å². The second-order valence-electron chi connectivity index (χ2n) is 6.11. The first-order valence-electron chi connectivity index (χ1n) is 8.42. The van der Waals surface area contributed by atoms with Crippen LogP contribution in [0.1, 0.15) is 22.7 Å². The lowest BCUT2D eigenvalue weighted by atomic mass is 10.2. The van der Waals surface area contributed by atoms with Crippen molar-refractivity contribution in [1.29, 1.82) is 0 Å². The third-order valence-electron chi connectivity index (χ3n) is 4.07. The maximum atomic E-state index is 12.8. The fraction of sp³-hybridized carbons (Fsp3) is 0.333. The standard InChI is InChI=1S/C18H16F3N3O3S2/c1-24(17-22-11(9-28-17)8-16(26)27-2)15(25)6-5-14-23-12-7-10(18(19,20)21)3-4-13(12)29-14/h3-4,7,9H,5-6,8H2,1-2H3. The van der Waals surface area contributed by atoms with Gasteiger partial charge in [0.25, 0.3) is 0 Å². The number of ether oxygens (including phenoxy) is 1. The maximum Gasteiger partial charge on any atom is 0.416 e. The Morgan fingerprint density at radius 1 is 1.24 bits per heavy atom. The molecule has 0 unspecified atom stereocenters. The lowest BCUT2D eigenvalue weighted by Gasteiger charge is -2.13. The first kappa shape index (κ1) is 21.2. The topological polar surface area (TPSA) is 72.4 Å². The average Bonchev–Trinajstić information content (AvgIpc) is 3.30. The number of aromatic nitrogens is 2. The van der Waals surface area contributed by atoms with Crippen molar-refractivity contribution in [3.8, 4) is 0 Å². The van der Waals surface area contributed by atoms with Gasteiger partial charge in [-0.15, -0.1) is 22.7 Å². The van der Waals surface area contributed by atoms with Crippen LogP contribution in [0.25, 0.3) is 10.2 Å².